The molecule has 0 spiro atoms. The van der Waals surface area contributed by atoms with Crippen LogP contribution in [0.1, 0.15) is 43.4 Å². The number of amides is 4. The van der Waals surface area contributed by atoms with Crippen LogP contribution in [0, 0.1) is 0 Å². The molecule has 4 amide bonds. The van der Waals surface area contributed by atoms with E-state index in [2.05, 4.69) is 24.5 Å². The molecule has 7 nitrogen and oxygen atoms in total. The average molecular weight is 332 g/mol. The third-order valence-corrected chi connectivity index (χ3v) is 4.03. The summed E-state index contributed by atoms with van der Waals surface area (Å²) >= 11 is 0. The van der Waals surface area contributed by atoms with E-state index in [1.165, 1.54) is 10.5 Å². The van der Waals surface area contributed by atoms with Crippen LogP contribution in [0.3, 0.4) is 0 Å². The lowest BCUT2D eigenvalue weighted by molar-refractivity contribution is -0.125. The second kappa shape index (κ2) is 7.92. The molecule has 1 aromatic carbocycles. The molecule has 0 aromatic heterocycles. The van der Waals surface area contributed by atoms with Gasteiger partial charge in [0.2, 0.25) is 11.8 Å². The Balaban J connectivity index is 1.80. The van der Waals surface area contributed by atoms with Gasteiger partial charge in [-0.2, -0.15) is 0 Å². The van der Waals surface area contributed by atoms with Crippen LogP contribution in [0.4, 0.5) is 4.79 Å². The number of urea groups is 1. The van der Waals surface area contributed by atoms with Gasteiger partial charge in [0.05, 0.1) is 0 Å². The third-order valence-electron chi connectivity index (χ3n) is 4.03. The number of nitrogens with zero attached hydrogens (tertiary/aromatic N) is 1. The topological polar surface area (TPSA) is 105 Å². The van der Waals surface area contributed by atoms with Crippen LogP contribution in [0.15, 0.2) is 24.3 Å². The van der Waals surface area contributed by atoms with Crippen LogP contribution in [0.2, 0.25) is 0 Å². The normalized spacial score (nSPS) is 16.1. The quantitative estimate of drug-likeness (QED) is 0.719. The maximum Gasteiger partial charge on any atom is 0.324 e. The van der Waals surface area contributed by atoms with Gasteiger partial charge in [-0.05, 0) is 17.0 Å². The maximum atomic E-state index is 11.9. The zero-order chi connectivity index (χ0) is 17.7. The Hall–Kier alpha value is -2.41. The Kier molecular flexibility index (Phi) is 5.92. The molecule has 1 heterocycles. The van der Waals surface area contributed by atoms with Crippen molar-refractivity contribution in [3.8, 4) is 0 Å². The lowest BCUT2D eigenvalue weighted by Gasteiger charge is -2.26. The number of rotatable bonds is 6. The minimum absolute atomic E-state index is 0.0852. The van der Waals surface area contributed by atoms with Gasteiger partial charge in [0.1, 0.15) is 6.54 Å². The number of hydrogen-bond donors (Lipinski definition) is 3. The van der Waals surface area contributed by atoms with E-state index in [1.807, 2.05) is 24.3 Å². The van der Waals surface area contributed by atoms with Gasteiger partial charge in [0, 0.05) is 25.6 Å². The van der Waals surface area contributed by atoms with Gasteiger partial charge in [0.25, 0.3) is 0 Å². The molecule has 0 bridgehead atoms. The number of nitrogens with two attached hydrogens (primary N) is 1. The number of carbonyl (C=O) groups excluding carboxylic acids is 3. The molecular formula is C17H24N4O3. The van der Waals surface area contributed by atoms with Crippen molar-refractivity contribution in [3.63, 3.8) is 0 Å². The molecule has 1 unspecified atom stereocenters. The fourth-order valence-corrected chi connectivity index (χ4v) is 2.45. The molecule has 4 N–H and O–H groups in total. The van der Waals surface area contributed by atoms with Crippen molar-refractivity contribution in [2.75, 3.05) is 19.6 Å². The minimum Gasteiger partial charge on any atom is -0.353 e. The molecule has 1 aliphatic heterocycles. The van der Waals surface area contributed by atoms with Gasteiger partial charge >= 0.3 is 6.03 Å². The summed E-state index contributed by atoms with van der Waals surface area (Å²) in [7, 11) is 0. The Morgan fingerprint density at radius 2 is 1.88 bits per heavy atom. The summed E-state index contributed by atoms with van der Waals surface area (Å²) in [5, 5.41) is 4.91. The standard InChI is InChI=1S/C17H24N4O3/c1-11(2)12-3-5-13(6-4-12)14(18)9-19-16(23)10-21-8-7-15(22)20-17(21)24/h3-6,11,14H,7-10,18H2,1-2H3,(H,19,23)(H,20,22,24). The predicted octanol–water partition coefficient (Wildman–Crippen LogP) is 0.868. The van der Waals surface area contributed by atoms with E-state index in [4.69, 9.17) is 5.73 Å². The van der Waals surface area contributed by atoms with Crippen LogP contribution in [-0.2, 0) is 9.59 Å². The predicted molar refractivity (Wildman–Crippen MR) is 90.2 cm³/mol. The van der Waals surface area contributed by atoms with Gasteiger partial charge in [-0.3, -0.25) is 14.9 Å². The van der Waals surface area contributed by atoms with Gasteiger partial charge < -0.3 is 16.0 Å². The van der Waals surface area contributed by atoms with E-state index in [9.17, 15) is 14.4 Å². The third kappa shape index (κ3) is 4.79. The summed E-state index contributed by atoms with van der Waals surface area (Å²) in [6.45, 7) is 4.70. The molecule has 1 aliphatic rings. The molecule has 24 heavy (non-hydrogen) atoms. The maximum absolute atomic E-state index is 11.9. The van der Waals surface area contributed by atoms with Crippen LogP contribution in [-0.4, -0.2) is 42.4 Å². The lowest BCUT2D eigenvalue weighted by atomic mass is 9.99. The summed E-state index contributed by atoms with van der Waals surface area (Å²) in [5.74, 6) is -0.158. The van der Waals surface area contributed by atoms with Crippen LogP contribution >= 0.6 is 0 Å². The number of benzene rings is 1. The molecule has 1 saturated heterocycles. The molecule has 1 atom stereocenters. The number of nitrogens with one attached hydrogen (secondary N) is 2. The fourth-order valence-electron chi connectivity index (χ4n) is 2.45. The highest BCUT2D eigenvalue weighted by molar-refractivity contribution is 5.98. The number of carbonyl (C=O) groups is 3. The fraction of sp³-hybridized carbons (Fsp3) is 0.471. The van der Waals surface area contributed by atoms with Crippen LogP contribution in [0.5, 0.6) is 0 Å². The molecule has 0 saturated carbocycles. The van der Waals surface area contributed by atoms with E-state index in [0.717, 1.165) is 5.56 Å². The molecule has 130 valence electrons. The first kappa shape index (κ1) is 17.9. The first-order chi connectivity index (χ1) is 11.4. The Bertz CT molecular complexity index is 613. The zero-order valence-corrected chi connectivity index (χ0v) is 14.0. The van der Waals surface area contributed by atoms with E-state index in [0.29, 0.717) is 5.92 Å². The Morgan fingerprint density at radius 1 is 1.25 bits per heavy atom. The van der Waals surface area contributed by atoms with Gasteiger partial charge in [-0.1, -0.05) is 38.1 Å². The van der Waals surface area contributed by atoms with Gasteiger partial charge in [0.15, 0.2) is 0 Å². The molecular weight excluding hydrogens is 308 g/mol. The second-order valence-corrected chi connectivity index (χ2v) is 6.26. The number of imide groups is 1. The zero-order valence-electron chi connectivity index (χ0n) is 14.0. The van der Waals surface area contributed by atoms with E-state index in [-0.39, 0.29) is 43.9 Å². The van der Waals surface area contributed by atoms with Gasteiger partial charge in [-0.15, -0.1) is 0 Å². The van der Waals surface area contributed by atoms with E-state index in [1.54, 1.807) is 0 Å². The van der Waals surface area contributed by atoms with Crippen molar-refractivity contribution >= 4 is 17.8 Å². The molecule has 1 fully saturated rings. The van der Waals surface area contributed by atoms with Crippen molar-refractivity contribution in [1.82, 2.24) is 15.5 Å². The highest BCUT2D eigenvalue weighted by Gasteiger charge is 2.24. The summed E-state index contributed by atoms with van der Waals surface area (Å²) in [6, 6.07) is 7.17. The largest absolute Gasteiger partial charge is 0.353 e. The molecule has 1 aromatic rings. The van der Waals surface area contributed by atoms with Crippen LogP contribution < -0.4 is 16.4 Å². The van der Waals surface area contributed by atoms with Crippen LogP contribution in [0.25, 0.3) is 0 Å². The minimum atomic E-state index is -0.532. The highest BCUT2D eigenvalue weighted by atomic mass is 16.2. The summed E-state index contributed by atoms with van der Waals surface area (Å²) in [6.07, 6.45) is 0.209. The van der Waals surface area contributed by atoms with Crippen molar-refractivity contribution < 1.29 is 14.4 Å². The molecule has 2 rings (SSSR count). The van der Waals surface area contributed by atoms with E-state index >= 15 is 0 Å². The Labute approximate surface area is 141 Å². The summed E-state index contributed by atoms with van der Waals surface area (Å²) in [5.41, 5.74) is 8.28. The van der Waals surface area contributed by atoms with Crippen molar-refractivity contribution in [1.29, 1.82) is 0 Å². The summed E-state index contributed by atoms with van der Waals surface area (Å²) in [4.78, 5) is 35.9. The molecule has 0 aliphatic carbocycles. The average Bonchev–Trinajstić information content (AvgIpc) is 2.55. The molecule has 7 heteroatoms. The van der Waals surface area contributed by atoms with Crippen molar-refractivity contribution in [2.45, 2.75) is 32.2 Å². The first-order valence-electron chi connectivity index (χ1n) is 8.07. The lowest BCUT2D eigenvalue weighted by Crippen LogP contribution is -2.52. The smallest absolute Gasteiger partial charge is 0.324 e. The molecule has 0 radical (unpaired) electrons. The summed E-state index contributed by atoms with van der Waals surface area (Å²) < 4.78 is 0. The first-order valence-corrected chi connectivity index (χ1v) is 8.07. The van der Waals surface area contributed by atoms with Crippen molar-refractivity contribution in [3.05, 3.63) is 35.4 Å². The van der Waals surface area contributed by atoms with E-state index < -0.39 is 6.03 Å². The Morgan fingerprint density at radius 3 is 2.46 bits per heavy atom. The number of hydrogen-bond acceptors (Lipinski definition) is 4. The SMILES string of the molecule is CC(C)c1ccc(C(N)CNC(=O)CN2CCC(=O)NC2=O)cc1. The highest BCUT2D eigenvalue weighted by Crippen LogP contribution is 2.17. The van der Waals surface area contributed by atoms with Crippen molar-refractivity contribution in [2.24, 2.45) is 5.73 Å². The monoisotopic (exact) mass is 332 g/mol. The van der Waals surface area contributed by atoms with Gasteiger partial charge in [-0.25, -0.2) is 4.79 Å². The second-order valence-electron chi connectivity index (χ2n) is 6.26.